The van der Waals surface area contributed by atoms with Gasteiger partial charge in [-0.3, -0.25) is 0 Å². The molecule has 0 nitrogen and oxygen atoms in total. The largest absolute Gasteiger partial charge is 0.206 e. The van der Waals surface area contributed by atoms with Gasteiger partial charge >= 0.3 is 0 Å². The standard InChI is InChI=1S/C32H33F/c1-3-5-6-29-20-21-30-23-28(19-22-31(30)32(29)33)18-17-27-15-13-26(14-16-27)12-11-25-9-7-24(4-2)8-10-25/h3-4,13-16,19-25H,1-2,5-12H2. The maximum absolute atomic E-state index is 14.8. The van der Waals surface area contributed by atoms with E-state index in [0.717, 1.165) is 46.8 Å². The zero-order valence-electron chi connectivity index (χ0n) is 19.5. The zero-order valence-corrected chi connectivity index (χ0v) is 19.5. The molecule has 0 saturated heterocycles. The molecule has 0 aromatic heterocycles. The molecule has 0 heterocycles. The third kappa shape index (κ3) is 6.02. The highest BCUT2D eigenvalue weighted by atomic mass is 19.1. The first-order valence-electron chi connectivity index (χ1n) is 12.2. The van der Waals surface area contributed by atoms with Crippen LogP contribution < -0.4 is 0 Å². The van der Waals surface area contributed by atoms with E-state index in [-0.39, 0.29) is 5.82 Å². The van der Waals surface area contributed by atoms with Crippen LogP contribution in [0.5, 0.6) is 0 Å². The minimum absolute atomic E-state index is 0.127. The molecule has 1 aliphatic rings. The molecule has 0 unspecified atom stereocenters. The van der Waals surface area contributed by atoms with Gasteiger partial charge in [-0.05, 0) is 104 Å². The van der Waals surface area contributed by atoms with Gasteiger partial charge in [0.2, 0.25) is 0 Å². The van der Waals surface area contributed by atoms with Crippen molar-refractivity contribution in [3.8, 4) is 11.8 Å². The molecule has 1 aliphatic carbocycles. The van der Waals surface area contributed by atoms with Crippen molar-refractivity contribution >= 4 is 10.8 Å². The summed E-state index contributed by atoms with van der Waals surface area (Å²) in [4.78, 5) is 0. The summed E-state index contributed by atoms with van der Waals surface area (Å²) in [5.41, 5.74) is 4.04. The van der Waals surface area contributed by atoms with Gasteiger partial charge in [-0.2, -0.15) is 0 Å². The van der Waals surface area contributed by atoms with Gasteiger partial charge < -0.3 is 0 Å². The second-order valence-corrected chi connectivity index (χ2v) is 9.30. The van der Waals surface area contributed by atoms with E-state index in [1.54, 1.807) is 0 Å². The molecule has 0 amide bonds. The van der Waals surface area contributed by atoms with Crippen molar-refractivity contribution in [3.05, 3.63) is 108 Å². The van der Waals surface area contributed by atoms with Gasteiger partial charge in [-0.1, -0.05) is 54.3 Å². The Morgan fingerprint density at radius 3 is 2.30 bits per heavy atom. The van der Waals surface area contributed by atoms with Crippen molar-refractivity contribution in [2.24, 2.45) is 11.8 Å². The molecule has 0 aliphatic heterocycles. The Kier molecular flexibility index (Phi) is 7.79. The summed E-state index contributed by atoms with van der Waals surface area (Å²) in [5.74, 6) is 7.97. The maximum Gasteiger partial charge on any atom is 0.134 e. The van der Waals surface area contributed by atoms with E-state index in [0.29, 0.717) is 11.8 Å². The molecule has 3 aromatic rings. The Morgan fingerprint density at radius 1 is 0.848 bits per heavy atom. The number of allylic oxidation sites excluding steroid dienone is 2. The minimum Gasteiger partial charge on any atom is -0.206 e. The monoisotopic (exact) mass is 436 g/mol. The van der Waals surface area contributed by atoms with Crippen LogP contribution in [-0.4, -0.2) is 0 Å². The van der Waals surface area contributed by atoms with Crippen LogP contribution in [0.2, 0.25) is 0 Å². The molecule has 33 heavy (non-hydrogen) atoms. The Labute approximate surface area is 198 Å². The summed E-state index contributed by atoms with van der Waals surface area (Å²) in [6.07, 6.45) is 13.1. The average molecular weight is 437 g/mol. The van der Waals surface area contributed by atoms with Gasteiger partial charge in [0.15, 0.2) is 0 Å². The Hall–Kier alpha value is -3.11. The molecule has 1 fully saturated rings. The van der Waals surface area contributed by atoms with Crippen molar-refractivity contribution in [2.45, 2.75) is 51.4 Å². The summed E-state index contributed by atoms with van der Waals surface area (Å²) < 4.78 is 14.8. The molecule has 0 spiro atoms. The highest BCUT2D eigenvalue weighted by Gasteiger charge is 2.18. The second kappa shape index (κ2) is 11.2. The first-order valence-corrected chi connectivity index (χ1v) is 12.2. The van der Waals surface area contributed by atoms with Crippen LogP contribution in [0.3, 0.4) is 0 Å². The Balaban J connectivity index is 1.37. The average Bonchev–Trinajstić information content (AvgIpc) is 2.87. The van der Waals surface area contributed by atoms with Crippen molar-refractivity contribution in [3.63, 3.8) is 0 Å². The number of fused-ring (bicyclic) bond motifs is 1. The lowest BCUT2D eigenvalue weighted by Crippen LogP contribution is -2.13. The summed E-state index contributed by atoms with van der Waals surface area (Å²) in [6, 6.07) is 18.2. The first kappa shape index (κ1) is 23.1. The van der Waals surface area contributed by atoms with Crippen LogP contribution in [0.4, 0.5) is 4.39 Å². The fourth-order valence-electron chi connectivity index (χ4n) is 4.85. The van der Waals surface area contributed by atoms with E-state index >= 15 is 0 Å². The topological polar surface area (TPSA) is 0 Å². The molecule has 0 N–H and O–H groups in total. The molecule has 3 aromatic carbocycles. The van der Waals surface area contributed by atoms with Crippen LogP contribution in [0.15, 0.2) is 79.9 Å². The highest BCUT2D eigenvalue weighted by molar-refractivity contribution is 5.85. The van der Waals surface area contributed by atoms with Gasteiger partial charge in [0.25, 0.3) is 0 Å². The SMILES string of the molecule is C=CCCc1ccc2cc(C#Cc3ccc(CCC4CCC(C=C)CC4)cc3)ccc2c1F. The first-order chi connectivity index (χ1) is 16.2. The summed E-state index contributed by atoms with van der Waals surface area (Å²) in [7, 11) is 0. The molecule has 1 heteroatoms. The van der Waals surface area contributed by atoms with Crippen molar-refractivity contribution in [1.82, 2.24) is 0 Å². The van der Waals surface area contributed by atoms with E-state index in [4.69, 9.17) is 0 Å². The number of hydrogen-bond acceptors (Lipinski definition) is 0. The third-order valence-corrected chi connectivity index (χ3v) is 7.02. The fourth-order valence-corrected chi connectivity index (χ4v) is 4.85. The van der Waals surface area contributed by atoms with E-state index in [1.165, 1.54) is 37.7 Å². The van der Waals surface area contributed by atoms with Gasteiger partial charge in [0, 0.05) is 16.5 Å². The molecule has 0 bridgehead atoms. The van der Waals surface area contributed by atoms with Crippen molar-refractivity contribution in [1.29, 1.82) is 0 Å². The minimum atomic E-state index is -0.127. The van der Waals surface area contributed by atoms with Gasteiger partial charge in [0.05, 0.1) is 0 Å². The van der Waals surface area contributed by atoms with Gasteiger partial charge in [-0.25, -0.2) is 4.39 Å². The summed E-state index contributed by atoms with van der Waals surface area (Å²) >= 11 is 0. The number of rotatable bonds is 7. The van der Waals surface area contributed by atoms with Crippen LogP contribution in [0, 0.1) is 29.5 Å². The van der Waals surface area contributed by atoms with E-state index < -0.39 is 0 Å². The number of aryl methyl sites for hydroxylation is 2. The Morgan fingerprint density at radius 2 is 1.58 bits per heavy atom. The zero-order chi connectivity index (χ0) is 23.0. The quantitative estimate of drug-likeness (QED) is 0.257. The van der Waals surface area contributed by atoms with E-state index in [9.17, 15) is 4.39 Å². The molecule has 4 rings (SSSR count). The number of benzene rings is 3. The van der Waals surface area contributed by atoms with E-state index in [2.05, 4.69) is 55.3 Å². The Bertz CT molecular complexity index is 1160. The fraction of sp³-hybridized carbons (Fsp3) is 0.312. The summed E-state index contributed by atoms with van der Waals surface area (Å²) in [6.45, 7) is 7.67. The van der Waals surface area contributed by atoms with Crippen molar-refractivity contribution < 1.29 is 4.39 Å². The predicted molar refractivity (Wildman–Crippen MR) is 139 cm³/mol. The third-order valence-electron chi connectivity index (χ3n) is 7.02. The lowest BCUT2D eigenvalue weighted by molar-refractivity contribution is 0.296. The molecule has 0 radical (unpaired) electrons. The number of hydrogen-bond donors (Lipinski definition) is 0. The lowest BCUT2D eigenvalue weighted by atomic mass is 9.79. The number of halogens is 1. The maximum atomic E-state index is 14.8. The predicted octanol–water partition coefficient (Wildman–Crippen LogP) is 8.42. The molecular weight excluding hydrogens is 403 g/mol. The van der Waals surface area contributed by atoms with E-state index in [1.807, 2.05) is 36.4 Å². The normalized spacial score (nSPS) is 17.8. The molecular formula is C32H33F. The van der Waals surface area contributed by atoms with Crippen LogP contribution in [-0.2, 0) is 12.8 Å². The van der Waals surface area contributed by atoms with Crippen molar-refractivity contribution in [2.75, 3.05) is 0 Å². The van der Waals surface area contributed by atoms with Crippen LogP contribution >= 0.6 is 0 Å². The highest BCUT2D eigenvalue weighted by Crippen LogP contribution is 2.32. The van der Waals surface area contributed by atoms with Gasteiger partial charge in [-0.15, -0.1) is 13.2 Å². The molecule has 1 saturated carbocycles. The molecule has 168 valence electrons. The summed E-state index contributed by atoms with van der Waals surface area (Å²) in [5, 5.41) is 1.54. The van der Waals surface area contributed by atoms with Gasteiger partial charge in [0.1, 0.15) is 5.82 Å². The lowest BCUT2D eigenvalue weighted by Gasteiger charge is -2.26. The van der Waals surface area contributed by atoms with Crippen LogP contribution in [0.1, 0.15) is 60.8 Å². The molecule has 0 atom stereocenters. The second-order valence-electron chi connectivity index (χ2n) is 9.30. The smallest absolute Gasteiger partial charge is 0.134 e. The van der Waals surface area contributed by atoms with Crippen LogP contribution in [0.25, 0.3) is 10.8 Å².